The van der Waals surface area contributed by atoms with E-state index in [9.17, 15) is 4.79 Å². The Balaban J connectivity index is 1.14. The number of nitrogens with zero attached hydrogens (tertiary/aromatic N) is 1. The first-order valence-electron chi connectivity index (χ1n) is 11.8. The molecular weight excluding hydrogens is 464 g/mol. The van der Waals surface area contributed by atoms with Gasteiger partial charge in [-0.1, -0.05) is 0 Å². The van der Waals surface area contributed by atoms with Crippen LogP contribution >= 0.6 is 11.3 Å². The quantitative estimate of drug-likeness (QED) is 0.278. The van der Waals surface area contributed by atoms with E-state index in [0.29, 0.717) is 36.8 Å². The summed E-state index contributed by atoms with van der Waals surface area (Å²) in [6, 6.07) is 13.5. The van der Waals surface area contributed by atoms with E-state index in [1.54, 1.807) is 18.4 Å². The van der Waals surface area contributed by atoms with Gasteiger partial charge < -0.3 is 24.3 Å². The van der Waals surface area contributed by atoms with Crippen LogP contribution in [0.1, 0.15) is 35.5 Å². The first kappa shape index (κ1) is 23.2. The van der Waals surface area contributed by atoms with Crippen LogP contribution in [0.15, 0.2) is 42.5 Å². The maximum Gasteiger partial charge on any atom is 0.309 e. The van der Waals surface area contributed by atoms with E-state index < -0.39 is 5.97 Å². The Hall–Kier alpha value is -3.52. The van der Waals surface area contributed by atoms with Crippen LogP contribution in [0, 0.1) is 0 Å². The fourth-order valence-corrected chi connectivity index (χ4v) is 5.49. The number of aromatic nitrogens is 2. The number of aryl methyl sites for hydroxylation is 2. The minimum Gasteiger partial charge on any atom is -0.493 e. The number of carbonyl (C=O) groups is 1. The predicted molar refractivity (Wildman–Crippen MR) is 136 cm³/mol. The Kier molecular flexibility index (Phi) is 6.90. The van der Waals surface area contributed by atoms with Gasteiger partial charge in [0.2, 0.25) is 0 Å². The molecule has 0 fully saturated rings. The Morgan fingerprint density at radius 1 is 1.06 bits per heavy atom. The number of rotatable bonds is 10. The summed E-state index contributed by atoms with van der Waals surface area (Å²) in [6.45, 7) is 0.999. The molecule has 0 spiro atoms. The minimum atomic E-state index is -0.860. The predicted octanol–water partition coefficient (Wildman–Crippen LogP) is 5.65. The van der Waals surface area contributed by atoms with Crippen molar-refractivity contribution < 1.29 is 24.1 Å². The van der Waals surface area contributed by atoms with Crippen molar-refractivity contribution in [3.05, 3.63) is 58.7 Å². The van der Waals surface area contributed by atoms with Gasteiger partial charge in [-0.05, 0) is 68.1 Å². The zero-order valence-electron chi connectivity index (χ0n) is 19.6. The van der Waals surface area contributed by atoms with Gasteiger partial charge >= 0.3 is 5.97 Å². The second-order valence-corrected chi connectivity index (χ2v) is 9.71. The van der Waals surface area contributed by atoms with Gasteiger partial charge in [0.25, 0.3) is 0 Å². The number of methoxy groups -OCH3 is 1. The monoisotopic (exact) mass is 492 g/mol. The molecule has 0 radical (unpaired) electrons. The number of hydrogen-bond acceptors (Lipinski definition) is 6. The van der Waals surface area contributed by atoms with Crippen molar-refractivity contribution in [2.75, 3.05) is 20.3 Å². The van der Waals surface area contributed by atoms with Crippen molar-refractivity contribution in [3.8, 4) is 27.8 Å². The molecule has 5 rings (SSSR count). The Morgan fingerprint density at radius 3 is 2.74 bits per heavy atom. The van der Waals surface area contributed by atoms with E-state index >= 15 is 0 Å². The van der Waals surface area contributed by atoms with Crippen LogP contribution in [-0.2, 0) is 24.1 Å². The first-order valence-corrected chi connectivity index (χ1v) is 12.7. The molecule has 2 N–H and O–H groups in total. The molecule has 2 heterocycles. The summed E-state index contributed by atoms with van der Waals surface area (Å²) >= 11 is 1.79. The number of hydrogen-bond donors (Lipinski definition) is 2. The highest BCUT2D eigenvalue weighted by Gasteiger charge is 2.17. The zero-order valence-corrected chi connectivity index (χ0v) is 20.5. The number of carboxylic acids is 1. The van der Waals surface area contributed by atoms with Gasteiger partial charge in [0, 0.05) is 33.5 Å². The molecule has 0 saturated heterocycles. The molecule has 8 heteroatoms. The highest BCUT2D eigenvalue weighted by Crippen LogP contribution is 2.37. The summed E-state index contributed by atoms with van der Waals surface area (Å²) in [4.78, 5) is 20.3. The van der Waals surface area contributed by atoms with E-state index in [1.807, 2.05) is 42.5 Å². The van der Waals surface area contributed by atoms with Crippen LogP contribution in [0.5, 0.6) is 17.2 Å². The fraction of sp³-hybridized carbons (Fsp3) is 0.333. The summed E-state index contributed by atoms with van der Waals surface area (Å²) in [5, 5.41) is 10.9. The molecule has 182 valence electrons. The number of fused-ring (bicyclic) bond motifs is 2. The molecule has 4 aromatic rings. The Bertz CT molecular complexity index is 1320. The van der Waals surface area contributed by atoms with Crippen molar-refractivity contribution >= 4 is 28.2 Å². The summed E-state index contributed by atoms with van der Waals surface area (Å²) in [7, 11) is 1.65. The average Bonchev–Trinajstić information content (AvgIpc) is 3.46. The summed E-state index contributed by atoms with van der Waals surface area (Å²) < 4.78 is 17.4. The van der Waals surface area contributed by atoms with Gasteiger partial charge in [0.1, 0.15) is 10.8 Å². The molecule has 7 nitrogen and oxygen atoms in total. The third kappa shape index (κ3) is 5.43. The van der Waals surface area contributed by atoms with Gasteiger partial charge in [-0.25, -0.2) is 4.98 Å². The molecule has 0 unspecified atom stereocenters. The van der Waals surface area contributed by atoms with Crippen LogP contribution < -0.4 is 14.2 Å². The standard InChI is InChI=1S/C27H28N2O5S/c1-32-24-15-17(27-29-22-5-2-3-6-25(22)35-27)7-10-23(24)34-12-4-11-33-20-8-9-21-18(14-20)13-19(28-21)16-26(30)31/h7-10,13-15,28H,2-6,11-12,16H2,1H3,(H,30,31). The molecule has 0 amide bonds. The van der Waals surface area contributed by atoms with Gasteiger partial charge in [0.15, 0.2) is 11.5 Å². The molecule has 0 aliphatic heterocycles. The molecule has 1 aliphatic carbocycles. The van der Waals surface area contributed by atoms with Crippen molar-refractivity contribution in [2.24, 2.45) is 0 Å². The second kappa shape index (κ2) is 10.4. The molecule has 35 heavy (non-hydrogen) atoms. The van der Waals surface area contributed by atoms with Crippen LogP contribution in [0.2, 0.25) is 0 Å². The summed E-state index contributed by atoms with van der Waals surface area (Å²) in [5.41, 5.74) is 3.88. The number of nitrogens with one attached hydrogen (secondary N) is 1. The van der Waals surface area contributed by atoms with Gasteiger partial charge in [-0.3, -0.25) is 4.79 Å². The maximum absolute atomic E-state index is 10.9. The van der Waals surface area contributed by atoms with E-state index in [4.69, 9.17) is 24.3 Å². The SMILES string of the molecule is COc1cc(-c2nc3c(s2)CCCC3)ccc1OCCCOc1ccc2[nH]c(CC(=O)O)cc2c1. The molecule has 1 aliphatic rings. The maximum atomic E-state index is 10.9. The average molecular weight is 493 g/mol. The summed E-state index contributed by atoms with van der Waals surface area (Å²) in [5.74, 6) is 1.29. The fourth-order valence-electron chi connectivity index (χ4n) is 4.35. The molecule has 0 saturated carbocycles. The van der Waals surface area contributed by atoms with Crippen molar-refractivity contribution in [3.63, 3.8) is 0 Å². The molecular formula is C27H28N2O5S. The van der Waals surface area contributed by atoms with Crippen molar-refractivity contribution in [1.82, 2.24) is 9.97 Å². The van der Waals surface area contributed by atoms with Crippen LogP contribution in [0.25, 0.3) is 21.5 Å². The number of carboxylic acid groups (broad SMARTS) is 1. The third-order valence-electron chi connectivity index (χ3n) is 6.06. The number of aromatic amines is 1. The van der Waals surface area contributed by atoms with Crippen LogP contribution in [0.3, 0.4) is 0 Å². The zero-order chi connectivity index (χ0) is 24.2. The van der Waals surface area contributed by atoms with E-state index in [-0.39, 0.29) is 6.42 Å². The smallest absolute Gasteiger partial charge is 0.309 e. The second-order valence-electron chi connectivity index (χ2n) is 8.63. The highest BCUT2D eigenvalue weighted by atomic mass is 32.1. The largest absolute Gasteiger partial charge is 0.493 e. The first-order chi connectivity index (χ1) is 17.1. The molecule has 0 atom stereocenters. The van der Waals surface area contributed by atoms with Gasteiger partial charge in [-0.15, -0.1) is 11.3 Å². The number of ether oxygens (including phenoxy) is 3. The molecule has 2 aromatic carbocycles. The number of H-pyrrole nitrogens is 1. The summed E-state index contributed by atoms with van der Waals surface area (Å²) in [6.07, 6.45) is 5.38. The molecule has 0 bridgehead atoms. The normalized spacial score (nSPS) is 12.9. The lowest BCUT2D eigenvalue weighted by atomic mass is 10.0. The number of thiazole rings is 1. The van der Waals surface area contributed by atoms with E-state index in [2.05, 4.69) is 4.98 Å². The van der Waals surface area contributed by atoms with E-state index in [1.165, 1.54) is 23.4 Å². The Morgan fingerprint density at radius 2 is 1.91 bits per heavy atom. The van der Waals surface area contributed by atoms with Gasteiger partial charge in [0.05, 0.1) is 32.4 Å². The lowest BCUT2D eigenvalue weighted by Gasteiger charge is -2.12. The molecule has 2 aromatic heterocycles. The van der Waals surface area contributed by atoms with Crippen LogP contribution in [-0.4, -0.2) is 41.4 Å². The number of aliphatic carboxylic acids is 1. The lowest BCUT2D eigenvalue weighted by Crippen LogP contribution is -2.05. The Labute approximate surface area is 207 Å². The lowest BCUT2D eigenvalue weighted by molar-refractivity contribution is -0.136. The number of benzene rings is 2. The van der Waals surface area contributed by atoms with E-state index in [0.717, 1.165) is 40.1 Å². The third-order valence-corrected chi connectivity index (χ3v) is 7.27. The van der Waals surface area contributed by atoms with Crippen LogP contribution in [0.4, 0.5) is 0 Å². The van der Waals surface area contributed by atoms with Crippen molar-refractivity contribution in [1.29, 1.82) is 0 Å². The highest BCUT2D eigenvalue weighted by molar-refractivity contribution is 7.15. The topological polar surface area (TPSA) is 93.7 Å². The van der Waals surface area contributed by atoms with Crippen molar-refractivity contribution in [2.45, 2.75) is 38.5 Å². The minimum absolute atomic E-state index is 0.0292. The van der Waals surface area contributed by atoms with Gasteiger partial charge in [-0.2, -0.15) is 0 Å².